The second-order valence-electron chi connectivity index (χ2n) is 4.92. The van der Waals surface area contributed by atoms with Crippen molar-refractivity contribution in [2.45, 2.75) is 37.3 Å². The zero-order chi connectivity index (χ0) is 11.2. The monoisotopic (exact) mass is 301 g/mol. The first-order valence-corrected chi connectivity index (χ1v) is 7.55. The van der Waals surface area contributed by atoms with Gasteiger partial charge in [-0.05, 0) is 53.2 Å². The third-order valence-corrected chi connectivity index (χ3v) is 5.90. The summed E-state index contributed by atoms with van der Waals surface area (Å²) in [7, 11) is 0. The highest BCUT2D eigenvalue weighted by atomic mass is 79.9. The Morgan fingerprint density at radius 3 is 3.19 bits per heavy atom. The summed E-state index contributed by atoms with van der Waals surface area (Å²) >= 11 is 5.30. The van der Waals surface area contributed by atoms with Crippen molar-refractivity contribution in [1.82, 2.24) is 4.90 Å². The van der Waals surface area contributed by atoms with E-state index < -0.39 is 5.60 Å². The Labute approximate surface area is 108 Å². The molecular weight excluding hydrogens is 286 g/mol. The summed E-state index contributed by atoms with van der Waals surface area (Å²) in [6, 6.07) is 2.48. The van der Waals surface area contributed by atoms with Gasteiger partial charge < -0.3 is 5.11 Å². The molecule has 2 saturated heterocycles. The van der Waals surface area contributed by atoms with Gasteiger partial charge in [-0.2, -0.15) is 0 Å². The Bertz CT molecular complexity index is 394. The lowest BCUT2D eigenvalue weighted by molar-refractivity contribution is 0.0147. The summed E-state index contributed by atoms with van der Waals surface area (Å²) < 4.78 is 1.15. The van der Waals surface area contributed by atoms with E-state index in [0.717, 1.165) is 23.9 Å². The molecule has 3 rings (SSSR count). The number of hydrogen-bond acceptors (Lipinski definition) is 3. The third kappa shape index (κ3) is 1.76. The molecule has 2 unspecified atom stereocenters. The van der Waals surface area contributed by atoms with Crippen molar-refractivity contribution in [3.8, 4) is 0 Å². The highest BCUT2D eigenvalue weighted by molar-refractivity contribution is 9.10. The molecular formula is C12H16BrNOS. The second-order valence-corrected chi connectivity index (χ2v) is 6.77. The minimum Gasteiger partial charge on any atom is -0.388 e. The van der Waals surface area contributed by atoms with E-state index in [1.807, 2.05) is 0 Å². The molecule has 0 spiro atoms. The molecule has 2 atom stereocenters. The molecule has 3 heterocycles. The average Bonchev–Trinajstić information content (AvgIpc) is 2.90. The van der Waals surface area contributed by atoms with Crippen LogP contribution in [0.5, 0.6) is 0 Å². The lowest BCUT2D eigenvalue weighted by atomic mass is 9.89. The van der Waals surface area contributed by atoms with E-state index in [0.29, 0.717) is 6.04 Å². The van der Waals surface area contributed by atoms with Gasteiger partial charge in [-0.3, -0.25) is 4.90 Å². The molecule has 88 valence electrons. The maximum atomic E-state index is 10.8. The summed E-state index contributed by atoms with van der Waals surface area (Å²) in [6.45, 7) is 2.25. The van der Waals surface area contributed by atoms with Crippen LogP contribution in [0.4, 0.5) is 0 Å². The first-order chi connectivity index (χ1) is 7.69. The predicted octanol–water partition coefficient (Wildman–Crippen LogP) is 2.65. The Hall–Kier alpha value is 0.1000. The van der Waals surface area contributed by atoms with Gasteiger partial charge in [0.2, 0.25) is 0 Å². The molecule has 0 saturated carbocycles. The summed E-state index contributed by atoms with van der Waals surface area (Å²) in [6.07, 6.45) is 4.16. The van der Waals surface area contributed by atoms with Gasteiger partial charge in [0.15, 0.2) is 0 Å². The SMILES string of the molecule is OC1(Cc2sccc2Br)CCN2CCCC21. The topological polar surface area (TPSA) is 23.5 Å². The van der Waals surface area contributed by atoms with Crippen LogP contribution in [0, 0.1) is 0 Å². The zero-order valence-electron chi connectivity index (χ0n) is 9.16. The van der Waals surface area contributed by atoms with Gasteiger partial charge in [-0.15, -0.1) is 11.3 Å². The lowest BCUT2D eigenvalue weighted by Gasteiger charge is -2.29. The van der Waals surface area contributed by atoms with Crippen LogP contribution >= 0.6 is 27.3 Å². The lowest BCUT2D eigenvalue weighted by Crippen LogP contribution is -2.42. The van der Waals surface area contributed by atoms with Crippen LogP contribution in [-0.2, 0) is 6.42 Å². The summed E-state index contributed by atoms with van der Waals surface area (Å²) in [5.41, 5.74) is -0.482. The van der Waals surface area contributed by atoms with E-state index in [1.54, 1.807) is 11.3 Å². The highest BCUT2D eigenvalue weighted by Crippen LogP contribution is 2.40. The molecule has 1 aromatic rings. The molecule has 2 aliphatic heterocycles. The number of nitrogens with zero attached hydrogens (tertiary/aromatic N) is 1. The largest absolute Gasteiger partial charge is 0.388 e. The highest BCUT2D eigenvalue weighted by Gasteiger charge is 2.48. The van der Waals surface area contributed by atoms with E-state index >= 15 is 0 Å². The quantitative estimate of drug-likeness (QED) is 0.908. The van der Waals surface area contributed by atoms with Crippen molar-refractivity contribution in [2.24, 2.45) is 0 Å². The van der Waals surface area contributed by atoms with E-state index in [9.17, 15) is 5.11 Å². The minimum atomic E-state index is -0.482. The number of fused-ring (bicyclic) bond motifs is 1. The predicted molar refractivity (Wildman–Crippen MR) is 69.9 cm³/mol. The van der Waals surface area contributed by atoms with Crippen LogP contribution in [0.1, 0.15) is 24.1 Å². The molecule has 4 heteroatoms. The fourth-order valence-electron chi connectivity index (χ4n) is 3.14. The van der Waals surface area contributed by atoms with Crippen LogP contribution in [0.2, 0.25) is 0 Å². The van der Waals surface area contributed by atoms with Gasteiger partial charge in [0.25, 0.3) is 0 Å². The van der Waals surface area contributed by atoms with Crippen LogP contribution in [0.25, 0.3) is 0 Å². The minimum absolute atomic E-state index is 0.404. The number of hydrogen-bond donors (Lipinski definition) is 1. The van der Waals surface area contributed by atoms with Gasteiger partial charge in [-0.25, -0.2) is 0 Å². The van der Waals surface area contributed by atoms with Crippen molar-refractivity contribution >= 4 is 27.3 Å². The average molecular weight is 302 g/mol. The molecule has 0 aromatic carbocycles. The standard InChI is InChI=1S/C12H16BrNOS/c13-9-3-7-16-10(9)8-12(15)4-6-14-5-1-2-11(12)14/h3,7,11,15H,1-2,4-6,8H2. The molecule has 16 heavy (non-hydrogen) atoms. The van der Waals surface area contributed by atoms with E-state index in [-0.39, 0.29) is 0 Å². The Morgan fingerprint density at radius 2 is 2.44 bits per heavy atom. The fourth-order valence-corrected chi connectivity index (χ4v) is 4.75. The van der Waals surface area contributed by atoms with Crippen LogP contribution in [0.15, 0.2) is 15.9 Å². The second kappa shape index (κ2) is 4.09. The van der Waals surface area contributed by atoms with E-state index in [1.165, 1.54) is 24.3 Å². The normalized spacial score (nSPS) is 34.5. The molecule has 2 fully saturated rings. The third-order valence-electron chi connectivity index (χ3n) is 3.97. The number of aliphatic hydroxyl groups is 1. The zero-order valence-corrected chi connectivity index (χ0v) is 11.6. The summed E-state index contributed by atoms with van der Waals surface area (Å²) in [4.78, 5) is 3.75. The summed E-state index contributed by atoms with van der Waals surface area (Å²) in [5, 5.41) is 12.9. The van der Waals surface area contributed by atoms with Crippen LogP contribution in [-0.4, -0.2) is 34.7 Å². The molecule has 2 aliphatic rings. The van der Waals surface area contributed by atoms with Crippen LogP contribution < -0.4 is 0 Å². The van der Waals surface area contributed by atoms with Gasteiger partial charge in [0, 0.05) is 28.4 Å². The van der Waals surface area contributed by atoms with Gasteiger partial charge >= 0.3 is 0 Å². The molecule has 0 amide bonds. The van der Waals surface area contributed by atoms with Crippen LogP contribution in [0.3, 0.4) is 0 Å². The van der Waals surface area contributed by atoms with Gasteiger partial charge in [0.05, 0.1) is 5.60 Å². The Balaban J connectivity index is 1.81. The molecule has 0 aliphatic carbocycles. The van der Waals surface area contributed by atoms with E-state index in [2.05, 4.69) is 32.3 Å². The molecule has 2 nitrogen and oxygen atoms in total. The number of thiophene rings is 1. The molecule has 0 bridgehead atoms. The Morgan fingerprint density at radius 1 is 1.56 bits per heavy atom. The molecule has 1 N–H and O–H groups in total. The number of halogens is 1. The molecule has 0 radical (unpaired) electrons. The fraction of sp³-hybridized carbons (Fsp3) is 0.667. The maximum absolute atomic E-state index is 10.8. The summed E-state index contributed by atoms with van der Waals surface area (Å²) in [5.74, 6) is 0. The van der Waals surface area contributed by atoms with Crippen molar-refractivity contribution < 1.29 is 5.11 Å². The van der Waals surface area contributed by atoms with Crippen molar-refractivity contribution in [3.63, 3.8) is 0 Å². The Kier molecular flexibility index (Phi) is 2.86. The van der Waals surface area contributed by atoms with Crippen molar-refractivity contribution in [2.75, 3.05) is 13.1 Å². The first-order valence-electron chi connectivity index (χ1n) is 5.87. The van der Waals surface area contributed by atoms with Gasteiger partial charge in [-0.1, -0.05) is 0 Å². The first kappa shape index (κ1) is 11.2. The number of rotatable bonds is 2. The maximum Gasteiger partial charge on any atom is 0.0862 e. The molecule has 1 aromatic heterocycles. The van der Waals surface area contributed by atoms with Crippen molar-refractivity contribution in [1.29, 1.82) is 0 Å². The van der Waals surface area contributed by atoms with E-state index in [4.69, 9.17) is 0 Å². The smallest absolute Gasteiger partial charge is 0.0862 e. The van der Waals surface area contributed by atoms with Crippen molar-refractivity contribution in [3.05, 3.63) is 20.8 Å². The van der Waals surface area contributed by atoms with Gasteiger partial charge in [0.1, 0.15) is 0 Å².